The number of sulfonamides is 1. The highest BCUT2D eigenvalue weighted by Crippen LogP contribution is 2.37. The summed E-state index contributed by atoms with van der Waals surface area (Å²) in [5, 5.41) is 12.7. The number of rotatable bonds is 6. The van der Waals surface area contributed by atoms with Gasteiger partial charge in [-0.05, 0) is 54.8 Å². The maximum absolute atomic E-state index is 13.7. The van der Waals surface area contributed by atoms with Crippen molar-refractivity contribution < 1.29 is 23.1 Å². The van der Waals surface area contributed by atoms with Crippen molar-refractivity contribution in [1.82, 2.24) is 9.21 Å². The molecule has 2 N–H and O–H groups in total. The van der Waals surface area contributed by atoms with E-state index in [-0.39, 0.29) is 42.3 Å². The largest absolute Gasteiger partial charge is 0.487 e. The third-order valence-corrected chi connectivity index (χ3v) is 8.97. The highest BCUT2D eigenvalue weighted by Gasteiger charge is 2.38. The lowest BCUT2D eigenvalue weighted by Gasteiger charge is -2.37. The highest BCUT2D eigenvalue weighted by atomic mass is 32.2. The summed E-state index contributed by atoms with van der Waals surface area (Å²) in [5.74, 6) is -0.0460. The average Bonchev–Trinajstić information content (AvgIpc) is 2.90. The Morgan fingerprint density at radius 3 is 2.50 bits per heavy atom. The first-order valence-electron chi connectivity index (χ1n) is 12.7. The van der Waals surface area contributed by atoms with E-state index in [0.29, 0.717) is 5.69 Å². The van der Waals surface area contributed by atoms with Crippen molar-refractivity contribution in [2.24, 2.45) is 5.92 Å². The molecule has 9 heteroatoms. The molecular weight excluding hydrogens is 502 g/mol. The molecule has 0 unspecified atom stereocenters. The lowest BCUT2D eigenvalue weighted by molar-refractivity contribution is 0.0830. The summed E-state index contributed by atoms with van der Waals surface area (Å²) in [5.41, 5.74) is 3.54. The number of ether oxygens (including phenoxy) is 1. The molecule has 3 aromatic carbocycles. The van der Waals surface area contributed by atoms with E-state index in [1.807, 2.05) is 68.4 Å². The van der Waals surface area contributed by atoms with Crippen LogP contribution in [-0.4, -0.2) is 67.7 Å². The monoisotopic (exact) mass is 537 g/mol. The van der Waals surface area contributed by atoms with Gasteiger partial charge in [0, 0.05) is 31.2 Å². The molecule has 4 rings (SSSR count). The van der Waals surface area contributed by atoms with E-state index >= 15 is 0 Å². The second-order valence-electron chi connectivity index (χ2n) is 9.89. The fourth-order valence-electron chi connectivity index (χ4n) is 4.60. The predicted octanol–water partition coefficient (Wildman–Crippen LogP) is 4.59. The van der Waals surface area contributed by atoms with E-state index in [9.17, 15) is 18.3 Å². The summed E-state index contributed by atoms with van der Waals surface area (Å²) in [6.07, 6.45) is -0.503. The lowest BCUT2D eigenvalue weighted by Crippen LogP contribution is -2.50. The number of fused-ring (bicyclic) bond motifs is 1. The molecule has 2 amide bonds. The number of benzene rings is 3. The number of urea groups is 1. The van der Waals surface area contributed by atoms with Crippen LogP contribution in [0, 0.1) is 12.8 Å². The van der Waals surface area contributed by atoms with Crippen LogP contribution in [0.5, 0.6) is 5.75 Å². The molecule has 1 heterocycles. The molecule has 0 spiro atoms. The van der Waals surface area contributed by atoms with Gasteiger partial charge >= 0.3 is 6.03 Å². The number of aliphatic hydroxyl groups excluding tert-OH is 1. The van der Waals surface area contributed by atoms with E-state index in [2.05, 4.69) is 5.32 Å². The van der Waals surface area contributed by atoms with E-state index in [0.717, 1.165) is 16.7 Å². The fourth-order valence-corrected chi connectivity index (χ4v) is 6.43. The van der Waals surface area contributed by atoms with Gasteiger partial charge in [-0.1, -0.05) is 55.5 Å². The van der Waals surface area contributed by atoms with Crippen LogP contribution in [-0.2, 0) is 10.0 Å². The number of nitrogens with zero attached hydrogens (tertiary/aromatic N) is 2. The third-order valence-electron chi connectivity index (χ3n) is 6.95. The molecule has 0 aromatic heterocycles. The minimum absolute atomic E-state index is 0.0448. The molecule has 0 aliphatic carbocycles. The Morgan fingerprint density at radius 2 is 1.82 bits per heavy atom. The van der Waals surface area contributed by atoms with Crippen LogP contribution < -0.4 is 10.1 Å². The number of aryl methyl sites for hydroxylation is 1. The molecule has 0 saturated heterocycles. The number of amides is 2. The summed E-state index contributed by atoms with van der Waals surface area (Å²) < 4.78 is 35.2. The summed E-state index contributed by atoms with van der Waals surface area (Å²) in [7, 11) is -2.27. The van der Waals surface area contributed by atoms with E-state index in [4.69, 9.17) is 4.74 Å². The summed E-state index contributed by atoms with van der Waals surface area (Å²) in [6.45, 7) is 5.64. The molecule has 0 saturated carbocycles. The molecule has 3 atom stereocenters. The maximum atomic E-state index is 13.7. The van der Waals surface area contributed by atoms with Crippen LogP contribution in [0.2, 0.25) is 0 Å². The molecule has 0 bridgehead atoms. The van der Waals surface area contributed by atoms with Gasteiger partial charge in [-0.15, -0.1) is 0 Å². The molecule has 0 radical (unpaired) electrons. The Hall–Kier alpha value is -3.40. The number of carbonyl (C=O) groups is 1. The highest BCUT2D eigenvalue weighted by molar-refractivity contribution is 7.89. The van der Waals surface area contributed by atoms with Crippen LogP contribution in [0.4, 0.5) is 10.5 Å². The van der Waals surface area contributed by atoms with Gasteiger partial charge in [0.2, 0.25) is 10.0 Å². The van der Waals surface area contributed by atoms with Crippen molar-refractivity contribution in [3.05, 3.63) is 78.4 Å². The fraction of sp³-hybridized carbons (Fsp3) is 0.345. The van der Waals surface area contributed by atoms with Crippen LogP contribution >= 0.6 is 0 Å². The number of likely N-dealkylation sites (N-methyl/N-ethyl adjacent to an activating group) is 1. The third kappa shape index (κ3) is 5.85. The number of hydrogen-bond donors (Lipinski definition) is 2. The second-order valence-corrected chi connectivity index (χ2v) is 11.8. The van der Waals surface area contributed by atoms with Gasteiger partial charge < -0.3 is 20.1 Å². The van der Waals surface area contributed by atoms with E-state index in [1.54, 1.807) is 32.2 Å². The number of nitrogens with one attached hydrogen (secondary N) is 1. The van der Waals surface area contributed by atoms with Gasteiger partial charge in [-0.3, -0.25) is 0 Å². The second kappa shape index (κ2) is 11.6. The zero-order chi connectivity index (χ0) is 27.4. The zero-order valence-electron chi connectivity index (χ0n) is 22.2. The SMILES string of the molecule is Cc1ccccc1-c1ccc2c(c1)O[C@@H](CN(C)C(=O)Nc1ccccc1)[C@@H](C)CN([C@@H](C)CO)S2(=O)=O. The van der Waals surface area contributed by atoms with E-state index < -0.39 is 22.2 Å². The Kier molecular flexibility index (Phi) is 8.40. The lowest BCUT2D eigenvalue weighted by atomic mass is 10.00. The molecular formula is C29H35N3O5S. The zero-order valence-corrected chi connectivity index (χ0v) is 23.0. The molecule has 3 aromatic rings. The van der Waals surface area contributed by atoms with Gasteiger partial charge in [0.15, 0.2) is 0 Å². The van der Waals surface area contributed by atoms with Gasteiger partial charge in [0.25, 0.3) is 0 Å². The smallest absolute Gasteiger partial charge is 0.321 e. The number of carbonyl (C=O) groups excluding carboxylic acids is 1. The molecule has 1 aliphatic heterocycles. The van der Waals surface area contributed by atoms with Gasteiger partial charge in [0.05, 0.1) is 13.2 Å². The van der Waals surface area contributed by atoms with Crippen LogP contribution in [0.15, 0.2) is 77.7 Å². The summed E-state index contributed by atoms with van der Waals surface area (Å²) in [6, 6.07) is 21.2. The Labute approximate surface area is 224 Å². The van der Waals surface area contributed by atoms with E-state index in [1.165, 1.54) is 9.21 Å². The van der Waals surface area contributed by atoms with Crippen molar-refractivity contribution in [2.45, 2.75) is 37.8 Å². The summed E-state index contributed by atoms with van der Waals surface area (Å²) >= 11 is 0. The van der Waals surface area contributed by atoms with Crippen molar-refractivity contribution in [1.29, 1.82) is 0 Å². The topological polar surface area (TPSA) is 99.2 Å². The molecule has 1 aliphatic rings. The van der Waals surface area contributed by atoms with Crippen LogP contribution in [0.1, 0.15) is 19.4 Å². The van der Waals surface area contributed by atoms with Gasteiger partial charge in [-0.2, -0.15) is 4.31 Å². The van der Waals surface area contributed by atoms with Crippen molar-refractivity contribution in [3.8, 4) is 16.9 Å². The minimum atomic E-state index is -3.95. The standard InChI is InChI=1S/C29H35N3O5S/c1-20-10-8-9-13-25(20)23-14-15-28-26(16-23)37-27(21(2)17-32(22(3)19-33)38(28,35)36)18-31(4)29(34)30-24-11-6-5-7-12-24/h5-16,21-22,27,33H,17-19H2,1-4H3,(H,30,34)/t21-,22-,27-/m0/s1. The average molecular weight is 538 g/mol. The molecule has 8 nitrogen and oxygen atoms in total. The number of anilines is 1. The first-order chi connectivity index (χ1) is 18.1. The Balaban J connectivity index is 1.71. The maximum Gasteiger partial charge on any atom is 0.321 e. The quantitative estimate of drug-likeness (QED) is 0.479. The van der Waals surface area contributed by atoms with Crippen molar-refractivity contribution in [2.75, 3.05) is 32.1 Å². The molecule has 202 valence electrons. The number of para-hydroxylation sites is 1. The minimum Gasteiger partial charge on any atom is -0.487 e. The number of hydrogen-bond acceptors (Lipinski definition) is 5. The van der Waals surface area contributed by atoms with Crippen LogP contribution in [0.3, 0.4) is 0 Å². The molecule has 38 heavy (non-hydrogen) atoms. The normalized spacial score (nSPS) is 19.8. The summed E-state index contributed by atoms with van der Waals surface area (Å²) in [4.78, 5) is 14.5. The first-order valence-corrected chi connectivity index (χ1v) is 14.1. The predicted molar refractivity (Wildman–Crippen MR) is 149 cm³/mol. The van der Waals surface area contributed by atoms with Crippen molar-refractivity contribution in [3.63, 3.8) is 0 Å². The number of aliphatic hydroxyl groups is 1. The van der Waals surface area contributed by atoms with Crippen molar-refractivity contribution >= 4 is 21.7 Å². The van der Waals surface area contributed by atoms with Crippen LogP contribution in [0.25, 0.3) is 11.1 Å². The van der Waals surface area contributed by atoms with Gasteiger partial charge in [-0.25, -0.2) is 13.2 Å². The Morgan fingerprint density at radius 1 is 1.13 bits per heavy atom. The Bertz CT molecular complexity index is 1380. The molecule has 0 fully saturated rings. The first kappa shape index (κ1) is 27.6. The van der Waals surface area contributed by atoms with Gasteiger partial charge in [0.1, 0.15) is 16.7 Å².